The van der Waals surface area contributed by atoms with Crippen molar-refractivity contribution in [1.29, 1.82) is 0 Å². The highest BCUT2D eigenvalue weighted by Gasteiger charge is 2.21. The van der Waals surface area contributed by atoms with Gasteiger partial charge in [-0.2, -0.15) is 0 Å². The predicted octanol–water partition coefficient (Wildman–Crippen LogP) is 4.29. The lowest BCUT2D eigenvalue weighted by Gasteiger charge is -2.07. The number of ether oxygens (including phenoxy) is 1. The fourth-order valence-corrected chi connectivity index (χ4v) is 3.24. The van der Waals surface area contributed by atoms with E-state index in [0.717, 1.165) is 11.6 Å². The summed E-state index contributed by atoms with van der Waals surface area (Å²) in [7, 11) is 0. The Morgan fingerprint density at radius 2 is 1.71 bits per heavy atom. The first-order chi connectivity index (χ1) is 16.4. The maximum Gasteiger partial charge on any atom is 0.378 e. The second-order valence-corrected chi connectivity index (χ2v) is 7.33. The molecule has 1 amide bonds. The molecule has 11 heteroatoms. The van der Waals surface area contributed by atoms with Gasteiger partial charge in [0.15, 0.2) is 12.4 Å². The molecule has 0 aliphatic rings. The van der Waals surface area contributed by atoms with Crippen LogP contribution in [0.3, 0.4) is 0 Å². The number of nitrogens with zero attached hydrogens (tertiary/aromatic N) is 4. The number of para-hydroxylation sites is 1. The van der Waals surface area contributed by atoms with Crippen LogP contribution < -0.4 is 5.32 Å². The average molecular weight is 478 g/mol. The SMILES string of the molecule is O=C(COC(=O)c1nc(-c2ccccc2)n(-c2ccccc2)n1)Nc1ccc([N+](=O)[O-])cc1Cl. The number of nitrogens with one attached hydrogen (secondary N) is 1. The maximum atomic E-state index is 12.6. The molecule has 1 aromatic heterocycles. The highest BCUT2D eigenvalue weighted by atomic mass is 35.5. The number of carbonyl (C=O) groups is 2. The van der Waals surface area contributed by atoms with Gasteiger partial charge in [-0.05, 0) is 18.2 Å². The molecular formula is C23H16ClN5O5. The van der Waals surface area contributed by atoms with Gasteiger partial charge in [0.25, 0.3) is 17.4 Å². The number of halogens is 1. The van der Waals surface area contributed by atoms with E-state index >= 15 is 0 Å². The molecule has 10 nitrogen and oxygen atoms in total. The van der Waals surface area contributed by atoms with E-state index in [0.29, 0.717) is 11.5 Å². The normalized spacial score (nSPS) is 10.5. The van der Waals surface area contributed by atoms with Crippen LogP contribution in [-0.4, -0.2) is 38.2 Å². The van der Waals surface area contributed by atoms with Crippen LogP contribution >= 0.6 is 11.6 Å². The third kappa shape index (κ3) is 5.08. The van der Waals surface area contributed by atoms with Crippen molar-refractivity contribution in [1.82, 2.24) is 14.8 Å². The van der Waals surface area contributed by atoms with E-state index in [2.05, 4.69) is 15.4 Å². The van der Waals surface area contributed by atoms with Crippen molar-refractivity contribution < 1.29 is 19.2 Å². The van der Waals surface area contributed by atoms with E-state index in [-0.39, 0.29) is 22.2 Å². The number of aromatic nitrogens is 3. The molecule has 0 fully saturated rings. The monoisotopic (exact) mass is 477 g/mol. The highest BCUT2D eigenvalue weighted by Crippen LogP contribution is 2.26. The molecule has 4 rings (SSSR count). The van der Waals surface area contributed by atoms with Gasteiger partial charge in [-0.3, -0.25) is 14.9 Å². The molecule has 170 valence electrons. The number of nitro groups is 1. The quantitative estimate of drug-likeness (QED) is 0.239. The van der Waals surface area contributed by atoms with Gasteiger partial charge >= 0.3 is 5.97 Å². The van der Waals surface area contributed by atoms with Crippen molar-refractivity contribution in [3.05, 3.63) is 99.8 Å². The van der Waals surface area contributed by atoms with Crippen molar-refractivity contribution >= 4 is 34.9 Å². The van der Waals surface area contributed by atoms with Gasteiger partial charge in [-0.1, -0.05) is 60.1 Å². The number of nitro benzene ring substituents is 1. The Bertz CT molecular complexity index is 1300. The Balaban J connectivity index is 1.49. The van der Waals surface area contributed by atoms with Gasteiger partial charge < -0.3 is 10.1 Å². The number of amides is 1. The lowest BCUT2D eigenvalue weighted by atomic mass is 10.2. The van der Waals surface area contributed by atoms with Gasteiger partial charge in [0, 0.05) is 17.7 Å². The van der Waals surface area contributed by atoms with Crippen molar-refractivity contribution in [3.8, 4) is 17.1 Å². The fraction of sp³-hybridized carbons (Fsp3) is 0.0435. The average Bonchev–Trinajstić information content (AvgIpc) is 3.30. The van der Waals surface area contributed by atoms with E-state index in [1.807, 2.05) is 60.7 Å². The molecule has 0 saturated carbocycles. The number of anilines is 1. The third-order valence-corrected chi connectivity index (χ3v) is 4.91. The van der Waals surface area contributed by atoms with Gasteiger partial charge in [-0.25, -0.2) is 14.5 Å². The summed E-state index contributed by atoms with van der Waals surface area (Å²) in [5, 5.41) is 17.5. The molecule has 0 saturated heterocycles. The van der Waals surface area contributed by atoms with Crippen LogP contribution in [0.4, 0.5) is 11.4 Å². The summed E-state index contributed by atoms with van der Waals surface area (Å²) in [6, 6.07) is 21.9. The summed E-state index contributed by atoms with van der Waals surface area (Å²) >= 11 is 5.96. The zero-order valence-corrected chi connectivity index (χ0v) is 18.2. The predicted molar refractivity (Wildman–Crippen MR) is 124 cm³/mol. The van der Waals surface area contributed by atoms with Crippen LogP contribution in [0, 0.1) is 10.1 Å². The van der Waals surface area contributed by atoms with Crippen molar-refractivity contribution in [2.45, 2.75) is 0 Å². The van der Waals surface area contributed by atoms with Crippen molar-refractivity contribution in [3.63, 3.8) is 0 Å². The van der Waals surface area contributed by atoms with Crippen LogP contribution in [0.5, 0.6) is 0 Å². The van der Waals surface area contributed by atoms with Crippen LogP contribution in [0.25, 0.3) is 17.1 Å². The zero-order valence-electron chi connectivity index (χ0n) is 17.4. The lowest BCUT2D eigenvalue weighted by Crippen LogP contribution is -2.21. The number of non-ortho nitro benzene ring substituents is 1. The van der Waals surface area contributed by atoms with Crippen molar-refractivity contribution in [2.24, 2.45) is 0 Å². The Labute approximate surface area is 197 Å². The molecule has 0 aliphatic carbocycles. The number of hydrogen-bond acceptors (Lipinski definition) is 7. The minimum Gasteiger partial charge on any atom is -0.450 e. The minimum atomic E-state index is -0.892. The largest absolute Gasteiger partial charge is 0.450 e. The Kier molecular flexibility index (Phi) is 6.60. The number of carbonyl (C=O) groups excluding carboxylic acids is 2. The number of benzene rings is 3. The molecule has 0 spiro atoms. The van der Waals surface area contributed by atoms with E-state index in [4.69, 9.17) is 16.3 Å². The summed E-state index contributed by atoms with van der Waals surface area (Å²) < 4.78 is 6.58. The summed E-state index contributed by atoms with van der Waals surface area (Å²) in [5.74, 6) is -1.36. The Morgan fingerprint density at radius 3 is 2.35 bits per heavy atom. The highest BCUT2D eigenvalue weighted by molar-refractivity contribution is 6.34. The summed E-state index contributed by atoms with van der Waals surface area (Å²) in [5.41, 5.74) is 1.36. The second-order valence-electron chi connectivity index (χ2n) is 6.92. The first-order valence-electron chi connectivity index (χ1n) is 9.91. The number of rotatable bonds is 7. The van der Waals surface area contributed by atoms with Crippen LogP contribution in [0.1, 0.15) is 10.6 Å². The van der Waals surface area contributed by atoms with Gasteiger partial charge in [-0.15, -0.1) is 5.10 Å². The fourth-order valence-electron chi connectivity index (χ4n) is 3.02. The molecule has 0 aliphatic heterocycles. The first-order valence-corrected chi connectivity index (χ1v) is 10.3. The van der Waals surface area contributed by atoms with Gasteiger partial charge in [0.1, 0.15) is 0 Å². The van der Waals surface area contributed by atoms with Crippen molar-refractivity contribution in [2.75, 3.05) is 11.9 Å². The molecule has 0 atom stereocenters. The summed E-state index contributed by atoms with van der Waals surface area (Å²) in [6.07, 6.45) is 0. The van der Waals surface area contributed by atoms with E-state index in [9.17, 15) is 19.7 Å². The topological polar surface area (TPSA) is 129 Å². The van der Waals surface area contributed by atoms with Crippen LogP contribution in [0.15, 0.2) is 78.9 Å². The minimum absolute atomic E-state index is 0.0235. The molecule has 0 radical (unpaired) electrons. The molecule has 1 heterocycles. The first kappa shape index (κ1) is 22.6. The smallest absolute Gasteiger partial charge is 0.378 e. The Morgan fingerprint density at radius 1 is 1.03 bits per heavy atom. The molecule has 4 aromatic rings. The molecule has 1 N–H and O–H groups in total. The number of hydrogen-bond donors (Lipinski definition) is 1. The molecule has 3 aromatic carbocycles. The maximum absolute atomic E-state index is 12.6. The molecule has 0 bridgehead atoms. The number of esters is 1. The zero-order chi connectivity index (χ0) is 24.1. The van der Waals surface area contributed by atoms with E-state index in [1.54, 1.807) is 0 Å². The second kappa shape index (κ2) is 9.92. The van der Waals surface area contributed by atoms with Gasteiger partial charge in [0.05, 0.1) is 21.3 Å². The molecule has 34 heavy (non-hydrogen) atoms. The van der Waals surface area contributed by atoms with E-state index < -0.39 is 23.4 Å². The van der Waals surface area contributed by atoms with E-state index in [1.165, 1.54) is 16.8 Å². The lowest BCUT2D eigenvalue weighted by molar-refractivity contribution is -0.384. The standard InChI is InChI=1S/C23H16ClN5O5/c24-18-13-17(29(32)33)11-12-19(18)25-20(30)14-34-23(31)21-26-22(15-7-3-1-4-8-15)28(27-21)16-9-5-2-6-10-16/h1-13H,14H2,(H,25,30). The molecule has 0 unspecified atom stereocenters. The van der Waals surface area contributed by atoms with Crippen LogP contribution in [-0.2, 0) is 9.53 Å². The Hall–Kier alpha value is -4.57. The third-order valence-electron chi connectivity index (χ3n) is 4.59. The molecular weight excluding hydrogens is 462 g/mol. The summed E-state index contributed by atoms with van der Waals surface area (Å²) in [6.45, 7) is -0.632. The van der Waals surface area contributed by atoms with Crippen LogP contribution in [0.2, 0.25) is 5.02 Å². The van der Waals surface area contributed by atoms with Gasteiger partial charge in [0.2, 0.25) is 0 Å². The summed E-state index contributed by atoms with van der Waals surface area (Å²) in [4.78, 5) is 39.3.